The molecule has 120 valence electrons. The van der Waals surface area contributed by atoms with E-state index in [2.05, 4.69) is 39.2 Å². The van der Waals surface area contributed by atoms with Crippen LogP contribution in [0.3, 0.4) is 0 Å². The van der Waals surface area contributed by atoms with E-state index in [1.807, 2.05) is 11.6 Å². The quantitative estimate of drug-likeness (QED) is 0.663. The molecular weight excluding hydrogens is 321 g/mol. The molecule has 0 spiro atoms. The minimum absolute atomic E-state index is 0.0933. The van der Waals surface area contributed by atoms with E-state index in [-0.39, 0.29) is 12.0 Å². The van der Waals surface area contributed by atoms with Crippen molar-refractivity contribution in [1.82, 2.24) is 9.88 Å². The second-order valence-corrected chi connectivity index (χ2v) is 7.14. The third-order valence-corrected chi connectivity index (χ3v) is 5.60. The number of allylic oxidation sites excluding steroid dienone is 1. The summed E-state index contributed by atoms with van der Waals surface area (Å²) in [5.74, 6) is -0.199. The first-order valence-electron chi connectivity index (χ1n) is 8.14. The molecular formula is C19H16FN3S. The number of benzene rings is 2. The van der Waals surface area contributed by atoms with E-state index in [4.69, 9.17) is 0 Å². The summed E-state index contributed by atoms with van der Waals surface area (Å²) in [7, 11) is 0. The van der Waals surface area contributed by atoms with Crippen LogP contribution in [0, 0.1) is 5.82 Å². The fourth-order valence-electron chi connectivity index (χ4n) is 3.74. The molecule has 0 aliphatic carbocycles. The van der Waals surface area contributed by atoms with Crippen LogP contribution in [0.15, 0.2) is 59.9 Å². The Morgan fingerprint density at radius 2 is 2.12 bits per heavy atom. The fraction of sp³-hybridized carbons (Fsp3) is 0.211. The van der Waals surface area contributed by atoms with Crippen molar-refractivity contribution >= 4 is 27.2 Å². The molecule has 1 aromatic heterocycles. The van der Waals surface area contributed by atoms with Gasteiger partial charge in [-0.05, 0) is 48.7 Å². The maximum Gasteiger partial charge on any atom is 0.132 e. The topological polar surface area (TPSA) is 19.4 Å². The summed E-state index contributed by atoms with van der Waals surface area (Å²) in [6.45, 7) is 1.04. The zero-order chi connectivity index (χ0) is 16.1. The molecule has 0 radical (unpaired) electrons. The lowest BCUT2D eigenvalue weighted by molar-refractivity contribution is 0.319. The van der Waals surface area contributed by atoms with Crippen LogP contribution in [-0.4, -0.2) is 16.4 Å². The molecule has 0 amide bonds. The summed E-state index contributed by atoms with van der Waals surface area (Å²) < 4.78 is 14.9. The normalized spacial score (nSPS) is 19.9. The number of rotatable bonds is 2. The fourth-order valence-corrected chi connectivity index (χ4v) is 4.47. The van der Waals surface area contributed by atoms with E-state index in [0.717, 1.165) is 24.2 Å². The first-order valence-corrected chi connectivity index (χ1v) is 9.02. The zero-order valence-electron chi connectivity index (χ0n) is 13.0. The summed E-state index contributed by atoms with van der Waals surface area (Å²) in [5, 5.41) is 0. The third kappa shape index (κ3) is 2.12. The minimum atomic E-state index is -0.199. The lowest BCUT2D eigenvalue weighted by Crippen LogP contribution is -2.30. The van der Waals surface area contributed by atoms with Gasteiger partial charge in [0.1, 0.15) is 12.0 Å². The molecule has 24 heavy (non-hydrogen) atoms. The average Bonchev–Trinajstić information content (AvgIpc) is 3.29. The molecule has 1 fully saturated rings. The van der Waals surface area contributed by atoms with Crippen molar-refractivity contribution < 1.29 is 4.39 Å². The van der Waals surface area contributed by atoms with Crippen LogP contribution < -0.4 is 4.90 Å². The summed E-state index contributed by atoms with van der Waals surface area (Å²) in [4.78, 5) is 9.00. The van der Waals surface area contributed by atoms with E-state index in [1.165, 1.54) is 28.4 Å². The van der Waals surface area contributed by atoms with Crippen LogP contribution in [0.2, 0.25) is 0 Å². The van der Waals surface area contributed by atoms with Gasteiger partial charge in [0.05, 0.1) is 15.7 Å². The predicted molar refractivity (Wildman–Crippen MR) is 95.3 cm³/mol. The summed E-state index contributed by atoms with van der Waals surface area (Å²) in [6.07, 6.45) is 4.55. The van der Waals surface area contributed by atoms with Crippen LogP contribution in [0.4, 0.5) is 10.1 Å². The smallest absolute Gasteiger partial charge is 0.132 e. The summed E-state index contributed by atoms with van der Waals surface area (Å²) >= 11 is 1.66. The molecule has 3 aromatic rings. The second-order valence-electron chi connectivity index (χ2n) is 6.26. The highest BCUT2D eigenvalue weighted by Crippen LogP contribution is 2.43. The predicted octanol–water partition coefficient (Wildman–Crippen LogP) is 4.89. The van der Waals surface area contributed by atoms with Crippen molar-refractivity contribution in [3.05, 3.63) is 71.3 Å². The van der Waals surface area contributed by atoms with Crippen molar-refractivity contribution in [3.63, 3.8) is 0 Å². The second kappa shape index (κ2) is 5.31. The van der Waals surface area contributed by atoms with Crippen LogP contribution in [0.1, 0.15) is 24.6 Å². The monoisotopic (exact) mass is 337 g/mol. The lowest BCUT2D eigenvalue weighted by Gasteiger charge is -2.32. The van der Waals surface area contributed by atoms with Gasteiger partial charge in [0.15, 0.2) is 0 Å². The van der Waals surface area contributed by atoms with Gasteiger partial charge in [-0.3, -0.25) is 0 Å². The molecule has 3 heterocycles. The van der Waals surface area contributed by atoms with Gasteiger partial charge >= 0.3 is 0 Å². The molecule has 5 heteroatoms. The Morgan fingerprint density at radius 3 is 3.04 bits per heavy atom. The summed E-state index contributed by atoms with van der Waals surface area (Å²) in [6, 6.07) is 13.3. The number of hydrogen-bond acceptors (Lipinski definition) is 4. The molecule has 0 saturated carbocycles. The van der Waals surface area contributed by atoms with Crippen LogP contribution in [-0.2, 0) is 0 Å². The maximum absolute atomic E-state index is 13.7. The molecule has 2 aliphatic rings. The van der Waals surface area contributed by atoms with Crippen molar-refractivity contribution in [2.24, 2.45) is 0 Å². The summed E-state index contributed by atoms with van der Waals surface area (Å²) in [5.41, 5.74) is 6.38. The first-order chi connectivity index (χ1) is 11.8. The highest BCUT2D eigenvalue weighted by atomic mass is 32.1. The Bertz CT molecular complexity index is 948. The molecule has 2 aromatic carbocycles. The maximum atomic E-state index is 13.7. The molecule has 1 unspecified atom stereocenters. The van der Waals surface area contributed by atoms with Crippen LogP contribution in [0.5, 0.6) is 0 Å². The Balaban J connectivity index is 1.63. The lowest BCUT2D eigenvalue weighted by atomic mass is 10.1. The number of aromatic nitrogens is 1. The number of thiazole rings is 1. The van der Waals surface area contributed by atoms with Gasteiger partial charge < -0.3 is 9.80 Å². The molecule has 3 nitrogen and oxygen atoms in total. The molecule has 1 atom stereocenters. The molecule has 0 N–H and O–H groups in total. The zero-order valence-corrected chi connectivity index (χ0v) is 13.8. The molecule has 0 bridgehead atoms. The van der Waals surface area contributed by atoms with Crippen LogP contribution >= 0.6 is 11.3 Å². The standard InChI is InChI=1S/C19H16FN3S/c20-14-3-1-4-15(10-14)23-11-16-5-2-8-22(16)19(23)13-6-7-17-18(9-13)24-12-21-17/h1,3-4,6-7,9-12,19H,2,5,8H2. The highest BCUT2D eigenvalue weighted by molar-refractivity contribution is 7.16. The van der Waals surface area contributed by atoms with Gasteiger partial charge in [0.25, 0.3) is 0 Å². The Kier molecular flexibility index (Phi) is 3.10. The van der Waals surface area contributed by atoms with Gasteiger partial charge in [0, 0.05) is 24.1 Å². The van der Waals surface area contributed by atoms with E-state index in [9.17, 15) is 4.39 Å². The van der Waals surface area contributed by atoms with E-state index < -0.39 is 0 Å². The van der Waals surface area contributed by atoms with Gasteiger partial charge in [-0.2, -0.15) is 0 Å². The Hall–Kier alpha value is -2.40. The number of fused-ring (bicyclic) bond motifs is 2. The van der Waals surface area contributed by atoms with Crippen molar-refractivity contribution in [3.8, 4) is 0 Å². The number of hydrogen-bond donors (Lipinski definition) is 0. The van der Waals surface area contributed by atoms with Crippen molar-refractivity contribution in [2.45, 2.75) is 19.0 Å². The molecule has 2 aliphatic heterocycles. The Morgan fingerprint density at radius 1 is 1.17 bits per heavy atom. The Labute approximate surface area is 143 Å². The van der Waals surface area contributed by atoms with E-state index in [0.29, 0.717) is 0 Å². The minimum Gasteiger partial charge on any atom is -0.349 e. The van der Waals surface area contributed by atoms with Gasteiger partial charge in [-0.15, -0.1) is 11.3 Å². The van der Waals surface area contributed by atoms with E-state index in [1.54, 1.807) is 23.5 Å². The molecule has 1 saturated heterocycles. The SMILES string of the molecule is Fc1cccc(N2C=C3CCCN3C2c2ccc3ncsc3c2)c1. The van der Waals surface area contributed by atoms with Crippen molar-refractivity contribution in [2.75, 3.05) is 11.4 Å². The number of halogens is 1. The number of anilines is 1. The van der Waals surface area contributed by atoms with Crippen molar-refractivity contribution in [1.29, 1.82) is 0 Å². The van der Waals surface area contributed by atoms with Gasteiger partial charge in [0.2, 0.25) is 0 Å². The third-order valence-electron chi connectivity index (χ3n) is 4.81. The average molecular weight is 337 g/mol. The number of nitrogens with zero attached hydrogens (tertiary/aromatic N) is 3. The van der Waals surface area contributed by atoms with E-state index >= 15 is 0 Å². The largest absolute Gasteiger partial charge is 0.349 e. The van der Waals surface area contributed by atoms with Gasteiger partial charge in [-0.1, -0.05) is 12.1 Å². The first kappa shape index (κ1) is 14.0. The van der Waals surface area contributed by atoms with Gasteiger partial charge in [-0.25, -0.2) is 9.37 Å². The van der Waals surface area contributed by atoms with Crippen LogP contribution in [0.25, 0.3) is 10.2 Å². The highest BCUT2D eigenvalue weighted by Gasteiger charge is 2.36. The molecule has 5 rings (SSSR count).